The van der Waals surface area contributed by atoms with E-state index in [0.29, 0.717) is 0 Å². The Bertz CT molecular complexity index is 170. The van der Waals surface area contributed by atoms with Crippen LogP contribution < -0.4 is 5.32 Å². The van der Waals surface area contributed by atoms with Gasteiger partial charge in [0, 0.05) is 13.1 Å². The van der Waals surface area contributed by atoms with Crippen LogP contribution in [0.3, 0.4) is 0 Å². The molecule has 0 aromatic heterocycles. The molecule has 102 valence electrons. The zero-order valence-electron chi connectivity index (χ0n) is 12.2. The molecule has 0 radical (unpaired) electrons. The van der Waals surface area contributed by atoms with Crippen molar-refractivity contribution in [2.45, 2.75) is 52.9 Å². The van der Waals surface area contributed by atoms with Crippen LogP contribution in [0.5, 0.6) is 0 Å². The third-order valence-corrected chi connectivity index (χ3v) is 4.36. The molecule has 0 saturated heterocycles. The molecule has 2 heteroatoms. The van der Waals surface area contributed by atoms with Gasteiger partial charge in [-0.15, -0.1) is 0 Å². The van der Waals surface area contributed by atoms with Crippen LogP contribution in [0.4, 0.5) is 0 Å². The molecule has 0 spiro atoms. The topological polar surface area (TPSA) is 15.3 Å². The van der Waals surface area contributed by atoms with E-state index in [4.69, 9.17) is 0 Å². The van der Waals surface area contributed by atoms with Gasteiger partial charge in [0.2, 0.25) is 0 Å². The predicted molar refractivity (Wildman–Crippen MR) is 76.4 cm³/mol. The molecular weight excluding hydrogens is 208 g/mol. The molecule has 0 aliphatic heterocycles. The number of rotatable bonds is 8. The molecule has 0 atom stereocenters. The summed E-state index contributed by atoms with van der Waals surface area (Å²) in [6.07, 6.45) is 7.26. The summed E-state index contributed by atoms with van der Waals surface area (Å²) in [5.74, 6) is 1.99. The third kappa shape index (κ3) is 6.42. The van der Waals surface area contributed by atoms with Gasteiger partial charge in [-0.3, -0.25) is 0 Å². The molecule has 1 aliphatic rings. The maximum absolute atomic E-state index is 3.60. The summed E-state index contributed by atoms with van der Waals surface area (Å²) in [4.78, 5) is 2.48. The van der Waals surface area contributed by atoms with Crippen molar-refractivity contribution >= 4 is 0 Å². The number of nitrogens with one attached hydrogen (secondary N) is 1. The quantitative estimate of drug-likeness (QED) is 0.656. The highest BCUT2D eigenvalue weighted by Gasteiger charge is 2.17. The minimum Gasteiger partial charge on any atom is -0.315 e. The van der Waals surface area contributed by atoms with E-state index in [0.717, 1.165) is 18.4 Å². The average molecular weight is 240 g/mol. The molecule has 0 aromatic carbocycles. The maximum Gasteiger partial charge on any atom is 0.0107 e. The summed E-state index contributed by atoms with van der Waals surface area (Å²) >= 11 is 0. The molecule has 1 aliphatic carbocycles. The predicted octanol–water partition coefficient (Wildman–Crippen LogP) is 3.13. The molecule has 17 heavy (non-hydrogen) atoms. The summed E-state index contributed by atoms with van der Waals surface area (Å²) in [6, 6.07) is 0. The molecule has 0 aromatic rings. The highest BCUT2D eigenvalue weighted by Crippen LogP contribution is 2.29. The van der Waals surface area contributed by atoms with Crippen molar-refractivity contribution in [3.63, 3.8) is 0 Å². The van der Waals surface area contributed by atoms with Crippen molar-refractivity contribution in [3.05, 3.63) is 0 Å². The van der Waals surface area contributed by atoms with Crippen molar-refractivity contribution in [2.75, 3.05) is 32.7 Å². The van der Waals surface area contributed by atoms with Crippen LogP contribution in [0.1, 0.15) is 52.9 Å². The van der Waals surface area contributed by atoms with E-state index >= 15 is 0 Å². The van der Waals surface area contributed by atoms with Gasteiger partial charge in [0.05, 0.1) is 0 Å². The van der Waals surface area contributed by atoms with Gasteiger partial charge >= 0.3 is 0 Å². The van der Waals surface area contributed by atoms with Gasteiger partial charge in [0.25, 0.3) is 0 Å². The van der Waals surface area contributed by atoms with Crippen molar-refractivity contribution in [2.24, 2.45) is 11.8 Å². The van der Waals surface area contributed by atoms with Crippen LogP contribution >= 0.6 is 0 Å². The normalized spacial score (nSPS) is 25.4. The minimum atomic E-state index is 0.988. The van der Waals surface area contributed by atoms with Gasteiger partial charge < -0.3 is 10.2 Å². The van der Waals surface area contributed by atoms with Crippen molar-refractivity contribution in [1.29, 1.82) is 0 Å². The standard InChI is InChI=1S/C15H32N2/c1-4-17(5-2)13-12-16-11-10-15-8-6-14(3)7-9-15/h14-16H,4-13H2,1-3H3. The van der Waals surface area contributed by atoms with Gasteiger partial charge in [-0.1, -0.05) is 46.5 Å². The summed E-state index contributed by atoms with van der Waals surface area (Å²) in [7, 11) is 0. The Kier molecular flexibility index (Phi) is 7.87. The Morgan fingerprint density at radius 3 is 2.24 bits per heavy atom. The summed E-state index contributed by atoms with van der Waals surface area (Å²) in [5, 5.41) is 3.60. The van der Waals surface area contributed by atoms with Gasteiger partial charge in [-0.05, 0) is 37.9 Å². The Balaban J connectivity index is 1.93. The second kappa shape index (κ2) is 8.93. The first-order valence-corrected chi connectivity index (χ1v) is 7.69. The van der Waals surface area contributed by atoms with Crippen LogP contribution in [-0.2, 0) is 0 Å². The fraction of sp³-hybridized carbons (Fsp3) is 1.00. The lowest BCUT2D eigenvalue weighted by Crippen LogP contribution is -2.32. The number of hydrogen-bond donors (Lipinski definition) is 1. The van der Waals surface area contributed by atoms with E-state index < -0.39 is 0 Å². The first-order valence-electron chi connectivity index (χ1n) is 7.69. The average Bonchev–Trinajstić information content (AvgIpc) is 2.36. The lowest BCUT2D eigenvalue weighted by atomic mass is 9.81. The van der Waals surface area contributed by atoms with E-state index in [9.17, 15) is 0 Å². The number of hydrogen-bond acceptors (Lipinski definition) is 2. The minimum absolute atomic E-state index is 0.988. The number of nitrogens with zero attached hydrogens (tertiary/aromatic N) is 1. The van der Waals surface area contributed by atoms with E-state index in [2.05, 4.69) is 31.0 Å². The van der Waals surface area contributed by atoms with Gasteiger partial charge in [-0.25, -0.2) is 0 Å². The Labute approximate surface area is 108 Å². The van der Waals surface area contributed by atoms with Crippen LogP contribution in [0, 0.1) is 11.8 Å². The van der Waals surface area contributed by atoms with Crippen molar-refractivity contribution in [3.8, 4) is 0 Å². The third-order valence-electron chi connectivity index (χ3n) is 4.36. The smallest absolute Gasteiger partial charge is 0.0107 e. The molecule has 1 fully saturated rings. The zero-order chi connectivity index (χ0) is 12.5. The van der Waals surface area contributed by atoms with Gasteiger partial charge in [0.15, 0.2) is 0 Å². The van der Waals surface area contributed by atoms with E-state index in [1.807, 2.05) is 0 Å². The van der Waals surface area contributed by atoms with Crippen molar-refractivity contribution in [1.82, 2.24) is 10.2 Å². The molecule has 0 heterocycles. The van der Waals surface area contributed by atoms with Crippen LogP contribution in [-0.4, -0.2) is 37.6 Å². The Hall–Kier alpha value is -0.0800. The van der Waals surface area contributed by atoms with Gasteiger partial charge in [0.1, 0.15) is 0 Å². The first-order chi connectivity index (χ1) is 8.26. The van der Waals surface area contributed by atoms with Crippen LogP contribution in [0.15, 0.2) is 0 Å². The molecule has 1 N–H and O–H groups in total. The number of likely N-dealkylation sites (N-methyl/N-ethyl adjacent to an activating group) is 1. The largest absolute Gasteiger partial charge is 0.315 e. The monoisotopic (exact) mass is 240 g/mol. The van der Waals surface area contributed by atoms with Crippen LogP contribution in [0.2, 0.25) is 0 Å². The SMILES string of the molecule is CCN(CC)CCNCCC1CCC(C)CC1. The van der Waals surface area contributed by atoms with E-state index in [1.165, 1.54) is 58.3 Å². The molecule has 1 rings (SSSR count). The fourth-order valence-electron chi connectivity index (χ4n) is 2.83. The molecule has 2 nitrogen and oxygen atoms in total. The van der Waals surface area contributed by atoms with Crippen LogP contribution in [0.25, 0.3) is 0 Å². The molecular formula is C15H32N2. The Morgan fingerprint density at radius 1 is 1.00 bits per heavy atom. The second-order valence-corrected chi connectivity index (χ2v) is 5.69. The lowest BCUT2D eigenvalue weighted by Gasteiger charge is -2.26. The zero-order valence-corrected chi connectivity index (χ0v) is 12.2. The molecule has 0 unspecified atom stereocenters. The van der Waals surface area contributed by atoms with Gasteiger partial charge in [-0.2, -0.15) is 0 Å². The van der Waals surface area contributed by atoms with Crippen molar-refractivity contribution < 1.29 is 0 Å². The molecule has 0 amide bonds. The lowest BCUT2D eigenvalue weighted by molar-refractivity contribution is 0.269. The summed E-state index contributed by atoms with van der Waals surface area (Å²) in [6.45, 7) is 12.8. The second-order valence-electron chi connectivity index (χ2n) is 5.69. The van der Waals surface area contributed by atoms with E-state index in [1.54, 1.807) is 0 Å². The molecule has 0 bridgehead atoms. The fourth-order valence-corrected chi connectivity index (χ4v) is 2.83. The first kappa shape index (κ1) is 15.0. The maximum atomic E-state index is 3.60. The van der Waals surface area contributed by atoms with E-state index in [-0.39, 0.29) is 0 Å². The highest BCUT2D eigenvalue weighted by molar-refractivity contribution is 4.70. The summed E-state index contributed by atoms with van der Waals surface area (Å²) in [5.41, 5.74) is 0. The Morgan fingerprint density at radius 2 is 1.65 bits per heavy atom. The molecule has 1 saturated carbocycles. The summed E-state index contributed by atoms with van der Waals surface area (Å²) < 4.78 is 0. The highest BCUT2D eigenvalue weighted by atomic mass is 15.1.